The molecule has 1 fully saturated rings. The quantitative estimate of drug-likeness (QED) is 0.268. The topological polar surface area (TPSA) is 161 Å². The van der Waals surface area contributed by atoms with Gasteiger partial charge in [0.25, 0.3) is 5.91 Å². The predicted molar refractivity (Wildman–Crippen MR) is 135 cm³/mol. The van der Waals surface area contributed by atoms with Crippen LogP contribution >= 0.6 is 15.9 Å². The molecule has 1 aromatic rings. The summed E-state index contributed by atoms with van der Waals surface area (Å²) in [7, 11) is 3.24. The average Bonchev–Trinajstić information content (AvgIpc) is 2.75. The summed E-state index contributed by atoms with van der Waals surface area (Å²) >= 11 is 3.26. The summed E-state index contributed by atoms with van der Waals surface area (Å²) in [4.78, 5) is 41.2. The van der Waals surface area contributed by atoms with Crippen molar-refractivity contribution in [3.05, 3.63) is 44.5 Å². The number of benzene rings is 1. The molecule has 6 N–H and O–H groups in total. The van der Waals surface area contributed by atoms with Crippen LogP contribution in [0.2, 0.25) is 0 Å². The molecule has 36 heavy (non-hydrogen) atoms. The number of amides is 1. The number of ketones is 2. The van der Waals surface area contributed by atoms with E-state index in [9.17, 15) is 34.8 Å². The fraction of sp³-hybridized carbons (Fsp3) is 0.500. The molecule has 1 saturated carbocycles. The molecule has 0 spiro atoms. The molecule has 0 bridgehead atoms. The van der Waals surface area contributed by atoms with Crippen molar-refractivity contribution >= 4 is 39.2 Å². The van der Waals surface area contributed by atoms with Crippen LogP contribution < -0.4 is 5.73 Å². The number of hydrogen-bond acceptors (Lipinski definition) is 8. The van der Waals surface area contributed by atoms with E-state index in [0.717, 1.165) is 0 Å². The van der Waals surface area contributed by atoms with Crippen molar-refractivity contribution in [2.75, 3.05) is 14.1 Å². The Morgan fingerprint density at radius 3 is 2.22 bits per heavy atom. The van der Waals surface area contributed by atoms with Gasteiger partial charge in [0.2, 0.25) is 11.6 Å². The highest BCUT2D eigenvalue weighted by atomic mass is 79.9. The number of phenolic OH excluding ortho intramolecular Hbond substituents is 1. The molecule has 194 valence electrons. The van der Waals surface area contributed by atoms with Crippen LogP contribution in [0.15, 0.2) is 27.8 Å². The van der Waals surface area contributed by atoms with Gasteiger partial charge < -0.3 is 31.1 Å². The highest BCUT2D eigenvalue weighted by molar-refractivity contribution is 9.11. The molecule has 0 radical (unpaired) electrons. The first-order valence-electron chi connectivity index (χ1n) is 11.6. The van der Waals surface area contributed by atoms with Gasteiger partial charge in [0.1, 0.15) is 11.5 Å². The number of halogens is 1. The van der Waals surface area contributed by atoms with Crippen molar-refractivity contribution in [1.29, 1.82) is 0 Å². The van der Waals surface area contributed by atoms with Gasteiger partial charge in [-0.25, -0.2) is 0 Å². The molecule has 1 amide bonds. The molecular formula is C26H31BrN2O7. The Hall–Kier alpha value is -2.53. The zero-order chi connectivity index (χ0) is 27.2. The van der Waals surface area contributed by atoms with Gasteiger partial charge in [-0.15, -0.1) is 0 Å². The molecule has 10 heteroatoms. The van der Waals surface area contributed by atoms with Gasteiger partial charge >= 0.3 is 0 Å². The lowest BCUT2D eigenvalue weighted by Gasteiger charge is -2.54. The number of primary amides is 1. The summed E-state index contributed by atoms with van der Waals surface area (Å²) < 4.78 is 0.0690. The van der Waals surface area contributed by atoms with Crippen LogP contribution in [0, 0.1) is 11.8 Å². The lowest BCUT2D eigenvalue weighted by molar-refractivity contribution is -0.172. The number of Topliss-reactive ketones (excluding diaryl/α,β-unsaturated/α-hetero) is 2. The molecule has 0 heterocycles. The standard InChI is InChI=1S/C26H31BrN2O7/c1-9-10-7-8-11(25(2,3)4)19(30)13(10)20(31)14-12(9)21(32)16-18(29(5)6)17(27)15(24(28)35)23(34)26(16,36)22(14)33/h7-9,12,16,18,21,30-32,36H,1-6H3,(H2,28,35)/t9-,12+,16+,18-,21-,26-/m1/s1. The molecule has 6 atom stereocenters. The van der Waals surface area contributed by atoms with Gasteiger partial charge in [0, 0.05) is 27.5 Å². The van der Waals surface area contributed by atoms with E-state index in [0.29, 0.717) is 11.1 Å². The lowest BCUT2D eigenvalue weighted by Crippen LogP contribution is -2.71. The van der Waals surface area contributed by atoms with Crippen molar-refractivity contribution in [1.82, 2.24) is 4.90 Å². The minimum absolute atomic E-state index is 0.0306. The fourth-order valence-corrected chi connectivity index (χ4v) is 7.25. The Morgan fingerprint density at radius 2 is 1.72 bits per heavy atom. The van der Waals surface area contributed by atoms with E-state index in [1.807, 2.05) is 20.8 Å². The second kappa shape index (κ2) is 8.24. The van der Waals surface area contributed by atoms with Gasteiger partial charge in [0.15, 0.2) is 5.60 Å². The zero-order valence-corrected chi connectivity index (χ0v) is 22.5. The highest BCUT2D eigenvalue weighted by Gasteiger charge is 2.68. The summed E-state index contributed by atoms with van der Waals surface area (Å²) in [6, 6.07) is 2.56. The number of phenols is 1. The van der Waals surface area contributed by atoms with E-state index in [2.05, 4.69) is 15.9 Å². The van der Waals surface area contributed by atoms with E-state index in [1.165, 1.54) is 0 Å². The first-order valence-corrected chi connectivity index (χ1v) is 12.4. The molecule has 0 saturated heterocycles. The van der Waals surface area contributed by atoms with E-state index in [1.54, 1.807) is 38.1 Å². The SMILES string of the molecule is C[C@@H]1c2ccc(C(C)(C)C)c(O)c2C(O)=C2C(=O)[C@@]3(O)C(=O)C(C(N)=O)=C(Br)[C@H](N(C)C)[C@H]3[C@H](O)[C@H]21. The van der Waals surface area contributed by atoms with E-state index >= 15 is 0 Å². The van der Waals surface area contributed by atoms with Crippen LogP contribution in [0.4, 0.5) is 0 Å². The maximum Gasteiger partial charge on any atom is 0.253 e. The maximum atomic E-state index is 14.0. The number of nitrogens with two attached hydrogens (primary N) is 1. The first kappa shape index (κ1) is 26.5. The zero-order valence-electron chi connectivity index (χ0n) is 21.0. The Balaban J connectivity index is 2.04. The third kappa shape index (κ3) is 3.27. The molecule has 0 unspecified atom stereocenters. The normalized spacial score (nSPS) is 32.4. The van der Waals surface area contributed by atoms with Gasteiger partial charge in [-0.2, -0.15) is 0 Å². The third-order valence-corrected chi connectivity index (χ3v) is 8.76. The number of rotatable bonds is 2. The summed E-state index contributed by atoms with van der Waals surface area (Å²) in [6.07, 6.45) is -1.48. The van der Waals surface area contributed by atoms with Crippen LogP contribution in [-0.2, 0) is 19.8 Å². The van der Waals surface area contributed by atoms with Gasteiger partial charge in [-0.1, -0.05) is 55.8 Å². The Morgan fingerprint density at radius 1 is 1.14 bits per heavy atom. The highest BCUT2D eigenvalue weighted by Crippen LogP contribution is 2.56. The second-order valence-corrected chi connectivity index (χ2v) is 12.0. The molecule has 3 aliphatic carbocycles. The first-order chi connectivity index (χ1) is 16.5. The molecule has 9 nitrogen and oxygen atoms in total. The molecule has 1 aromatic carbocycles. The second-order valence-electron chi connectivity index (χ2n) is 11.2. The van der Waals surface area contributed by atoms with E-state index in [-0.39, 0.29) is 21.4 Å². The monoisotopic (exact) mass is 562 g/mol. The van der Waals surface area contributed by atoms with E-state index in [4.69, 9.17) is 5.73 Å². The largest absolute Gasteiger partial charge is 0.507 e. The number of hydrogen-bond donors (Lipinski definition) is 5. The molecule has 4 rings (SSSR count). The minimum Gasteiger partial charge on any atom is -0.507 e. The van der Waals surface area contributed by atoms with Gasteiger partial charge in [-0.3, -0.25) is 14.4 Å². The molecule has 3 aliphatic rings. The molecule has 0 aromatic heterocycles. The maximum absolute atomic E-state index is 14.0. The number of carbonyl (C=O) groups excluding carboxylic acids is 3. The number of nitrogens with zero attached hydrogens (tertiary/aromatic N) is 1. The molecular weight excluding hydrogens is 532 g/mol. The number of carbonyl (C=O) groups is 3. The predicted octanol–water partition coefficient (Wildman–Crippen LogP) is 1.63. The smallest absolute Gasteiger partial charge is 0.253 e. The van der Waals surface area contributed by atoms with Crippen LogP contribution in [0.5, 0.6) is 5.75 Å². The van der Waals surface area contributed by atoms with Gasteiger partial charge in [0.05, 0.1) is 23.3 Å². The van der Waals surface area contributed by atoms with Crippen LogP contribution in [0.1, 0.15) is 50.3 Å². The molecule has 0 aliphatic heterocycles. The number of fused-ring (bicyclic) bond motifs is 3. The summed E-state index contributed by atoms with van der Waals surface area (Å²) in [5, 5.41) is 45.9. The number of likely N-dealkylation sites (N-methyl/N-ethyl adjacent to an activating group) is 1. The van der Waals surface area contributed by atoms with Crippen LogP contribution in [0.3, 0.4) is 0 Å². The number of aromatic hydroxyl groups is 1. The van der Waals surface area contributed by atoms with Crippen molar-refractivity contribution in [2.24, 2.45) is 17.6 Å². The van der Waals surface area contributed by atoms with Crippen LogP contribution in [0.25, 0.3) is 5.76 Å². The minimum atomic E-state index is -2.86. The van der Waals surface area contributed by atoms with Crippen molar-refractivity contribution in [3.63, 3.8) is 0 Å². The number of aliphatic hydroxyl groups excluding tert-OH is 2. The third-order valence-electron chi connectivity index (χ3n) is 7.90. The number of aliphatic hydroxyl groups is 3. The Kier molecular flexibility index (Phi) is 6.07. The summed E-state index contributed by atoms with van der Waals surface area (Å²) in [5.74, 6) is -7.22. The Bertz CT molecular complexity index is 1280. The summed E-state index contributed by atoms with van der Waals surface area (Å²) in [5.41, 5.74) is 2.26. The van der Waals surface area contributed by atoms with E-state index < -0.39 is 69.7 Å². The van der Waals surface area contributed by atoms with Crippen LogP contribution in [-0.4, -0.2) is 74.6 Å². The lowest BCUT2D eigenvalue weighted by atomic mass is 9.54. The van der Waals surface area contributed by atoms with Crippen molar-refractivity contribution in [3.8, 4) is 5.75 Å². The van der Waals surface area contributed by atoms with Crippen molar-refractivity contribution in [2.45, 2.75) is 56.8 Å². The Labute approximate surface area is 217 Å². The van der Waals surface area contributed by atoms with Gasteiger partial charge in [-0.05, 0) is 31.0 Å². The fourth-order valence-electron chi connectivity index (χ4n) is 6.18. The van der Waals surface area contributed by atoms with Crippen molar-refractivity contribution < 1.29 is 34.8 Å². The summed E-state index contributed by atoms with van der Waals surface area (Å²) in [6.45, 7) is 7.40. The average molecular weight is 563 g/mol.